The fraction of sp³-hybridized carbons (Fsp3) is 0.444. The van der Waals surface area contributed by atoms with Gasteiger partial charge in [0.2, 0.25) is 17.6 Å². The van der Waals surface area contributed by atoms with Crippen LogP contribution in [0.25, 0.3) is 0 Å². The van der Waals surface area contributed by atoms with Gasteiger partial charge >= 0.3 is 0 Å². The first-order chi connectivity index (χ1) is 11.5. The third kappa shape index (κ3) is 7.17. The van der Waals surface area contributed by atoms with Gasteiger partial charge in [-0.25, -0.2) is 0 Å². The summed E-state index contributed by atoms with van der Waals surface area (Å²) in [4.78, 5) is 35.8. The summed E-state index contributed by atoms with van der Waals surface area (Å²) >= 11 is 0. The predicted octanol–water partition coefficient (Wildman–Crippen LogP) is 1.35. The number of carbonyl (C=O) groups excluding carboxylic acids is 3. The van der Waals surface area contributed by atoms with Crippen LogP contribution in [0.2, 0.25) is 0 Å². The molecular formula is C18H26N2O3S+. The Balaban J connectivity index is 2.53. The van der Waals surface area contributed by atoms with E-state index in [4.69, 9.17) is 0 Å². The van der Waals surface area contributed by atoms with Gasteiger partial charge in [0.15, 0.2) is 5.75 Å². The number of Topliss-reactive ketones (excluding diaryl/α,β-unsaturated/α-hetero) is 1. The maximum Gasteiger partial charge on any atom is 0.243 e. The first-order valence-corrected chi connectivity index (χ1v) is 10.0. The van der Waals surface area contributed by atoms with Crippen LogP contribution < -0.4 is 10.6 Å². The number of ketones is 1. The zero-order valence-electron chi connectivity index (χ0n) is 14.5. The van der Waals surface area contributed by atoms with Gasteiger partial charge in [-0.05, 0) is 17.8 Å². The Morgan fingerprint density at radius 2 is 1.83 bits per heavy atom. The van der Waals surface area contributed by atoms with E-state index in [0.29, 0.717) is 30.0 Å². The fourth-order valence-corrected chi connectivity index (χ4v) is 3.29. The molecule has 2 amide bonds. The fourth-order valence-electron chi connectivity index (χ4n) is 2.04. The van der Waals surface area contributed by atoms with Gasteiger partial charge in [-0.2, -0.15) is 0 Å². The number of nitrogens with one attached hydrogen (secondary N) is 2. The lowest BCUT2D eigenvalue weighted by Gasteiger charge is -2.16. The average Bonchev–Trinajstić information content (AvgIpc) is 2.59. The second-order valence-corrected chi connectivity index (χ2v) is 7.60. The van der Waals surface area contributed by atoms with Crippen molar-refractivity contribution in [3.8, 4) is 0 Å². The van der Waals surface area contributed by atoms with Gasteiger partial charge in [-0.1, -0.05) is 37.3 Å². The first kappa shape index (κ1) is 20.2. The highest BCUT2D eigenvalue weighted by Gasteiger charge is 2.25. The Morgan fingerprint density at radius 3 is 2.42 bits per heavy atom. The van der Waals surface area contributed by atoms with E-state index in [1.165, 1.54) is 0 Å². The smallest absolute Gasteiger partial charge is 0.243 e. The normalized spacial score (nSPS) is 13.0. The van der Waals surface area contributed by atoms with Crippen LogP contribution in [-0.2, 0) is 20.5 Å². The molecule has 24 heavy (non-hydrogen) atoms. The Hall–Kier alpha value is -1.82. The first-order valence-electron chi connectivity index (χ1n) is 8.05. The molecule has 0 aliphatic carbocycles. The molecule has 131 valence electrons. The standard InChI is InChI=1S/C18H25N2O3S/c1-4-17(22)20-15(18(23)19-5-2)11-12-24(3)13-16(21)14-9-7-6-8-10-14/h6-11,15H,4-5,12-13H2,1-3H3,(H-,19,20,22,23)/p+1. The Morgan fingerprint density at radius 1 is 1.17 bits per heavy atom. The van der Waals surface area contributed by atoms with Crippen molar-refractivity contribution in [2.75, 3.05) is 24.3 Å². The number of amides is 2. The lowest BCUT2D eigenvalue weighted by Crippen LogP contribution is -2.47. The van der Waals surface area contributed by atoms with Crippen LogP contribution in [0.3, 0.4) is 0 Å². The van der Waals surface area contributed by atoms with E-state index in [-0.39, 0.29) is 28.5 Å². The van der Waals surface area contributed by atoms with Crippen LogP contribution in [0.5, 0.6) is 0 Å². The van der Waals surface area contributed by atoms with Gasteiger partial charge < -0.3 is 10.6 Å². The molecule has 0 saturated heterocycles. The van der Waals surface area contributed by atoms with Crippen molar-refractivity contribution in [1.82, 2.24) is 10.6 Å². The van der Waals surface area contributed by atoms with Crippen LogP contribution in [0, 0.1) is 6.42 Å². The molecule has 0 heterocycles. The van der Waals surface area contributed by atoms with Crippen molar-refractivity contribution in [1.29, 1.82) is 0 Å². The zero-order chi connectivity index (χ0) is 17.9. The number of hydrogen-bond acceptors (Lipinski definition) is 3. The quantitative estimate of drug-likeness (QED) is 0.494. The van der Waals surface area contributed by atoms with Crippen LogP contribution in [-0.4, -0.2) is 47.9 Å². The van der Waals surface area contributed by atoms with Gasteiger partial charge in [0.25, 0.3) is 0 Å². The molecule has 2 unspecified atom stereocenters. The molecule has 0 aliphatic heterocycles. The molecule has 6 heteroatoms. The largest absolute Gasteiger partial charge is 0.355 e. The Bertz CT molecular complexity index is 548. The highest BCUT2D eigenvalue weighted by Crippen LogP contribution is 2.06. The maximum atomic E-state index is 12.2. The molecule has 1 radical (unpaired) electrons. The summed E-state index contributed by atoms with van der Waals surface area (Å²) in [5.41, 5.74) is 0.705. The second-order valence-electron chi connectivity index (χ2n) is 5.41. The molecule has 0 saturated carbocycles. The number of likely N-dealkylation sites (N-methyl/N-ethyl adjacent to an activating group) is 1. The average molecular weight is 350 g/mol. The number of benzene rings is 1. The minimum absolute atomic E-state index is 0.0991. The molecule has 1 aromatic rings. The highest BCUT2D eigenvalue weighted by molar-refractivity contribution is 7.96. The molecule has 1 rings (SSSR count). The van der Waals surface area contributed by atoms with Crippen LogP contribution >= 0.6 is 0 Å². The van der Waals surface area contributed by atoms with E-state index in [0.717, 1.165) is 0 Å². The third-order valence-corrected chi connectivity index (χ3v) is 4.88. The van der Waals surface area contributed by atoms with Gasteiger partial charge in [0.05, 0.1) is 6.26 Å². The summed E-state index contributed by atoms with van der Waals surface area (Å²) in [7, 11) is -0.195. The summed E-state index contributed by atoms with van der Waals surface area (Å²) in [6.07, 6.45) is 4.11. The molecule has 0 fully saturated rings. The highest BCUT2D eigenvalue weighted by atomic mass is 32.2. The van der Waals surface area contributed by atoms with Crippen molar-refractivity contribution >= 4 is 28.5 Å². The minimum atomic E-state index is -0.654. The molecule has 1 aromatic carbocycles. The molecule has 0 spiro atoms. The second kappa shape index (κ2) is 10.9. The summed E-state index contributed by atoms with van der Waals surface area (Å²) in [6.45, 7) is 4.09. The SMILES string of the molecule is CCNC(=O)C([CH]C[S+](C)CC(=O)c1ccccc1)NC(=O)CC. The Labute approximate surface area is 146 Å². The summed E-state index contributed by atoms with van der Waals surface area (Å²) in [5.74, 6) is 0.751. The lowest BCUT2D eigenvalue weighted by atomic mass is 10.2. The monoisotopic (exact) mass is 350 g/mol. The summed E-state index contributed by atoms with van der Waals surface area (Å²) in [5, 5.41) is 5.42. The van der Waals surface area contributed by atoms with E-state index in [2.05, 4.69) is 10.6 Å². The molecule has 2 atom stereocenters. The van der Waals surface area contributed by atoms with E-state index in [1.807, 2.05) is 43.5 Å². The maximum absolute atomic E-state index is 12.2. The van der Waals surface area contributed by atoms with Gasteiger partial charge in [0, 0.05) is 24.9 Å². The summed E-state index contributed by atoms with van der Waals surface area (Å²) < 4.78 is 0. The zero-order valence-corrected chi connectivity index (χ0v) is 15.3. The van der Waals surface area contributed by atoms with Gasteiger partial charge in [0.1, 0.15) is 11.8 Å². The van der Waals surface area contributed by atoms with Crippen molar-refractivity contribution in [3.05, 3.63) is 42.3 Å². The molecule has 0 aliphatic rings. The van der Waals surface area contributed by atoms with Crippen molar-refractivity contribution in [2.24, 2.45) is 0 Å². The predicted molar refractivity (Wildman–Crippen MR) is 99.0 cm³/mol. The lowest BCUT2D eigenvalue weighted by molar-refractivity contribution is -0.128. The molecular weight excluding hydrogens is 324 g/mol. The van der Waals surface area contributed by atoms with Crippen molar-refractivity contribution in [3.63, 3.8) is 0 Å². The topological polar surface area (TPSA) is 75.3 Å². The van der Waals surface area contributed by atoms with E-state index in [1.54, 1.807) is 13.3 Å². The van der Waals surface area contributed by atoms with Crippen molar-refractivity contribution < 1.29 is 14.4 Å². The van der Waals surface area contributed by atoms with Crippen LogP contribution in [0.1, 0.15) is 30.6 Å². The van der Waals surface area contributed by atoms with Crippen LogP contribution in [0.15, 0.2) is 30.3 Å². The number of hydrogen-bond donors (Lipinski definition) is 2. The van der Waals surface area contributed by atoms with Crippen LogP contribution in [0.4, 0.5) is 0 Å². The Kier molecular flexibility index (Phi) is 9.15. The van der Waals surface area contributed by atoms with E-state index >= 15 is 0 Å². The molecule has 0 aromatic heterocycles. The summed E-state index contributed by atoms with van der Waals surface area (Å²) in [6, 6.07) is 8.53. The minimum Gasteiger partial charge on any atom is -0.355 e. The van der Waals surface area contributed by atoms with Gasteiger partial charge in [-0.3, -0.25) is 14.4 Å². The van der Waals surface area contributed by atoms with Gasteiger partial charge in [-0.15, -0.1) is 0 Å². The molecule has 2 N–H and O–H groups in total. The van der Waals surface area contributed by atoms with Crippen molar-refractivity contribution in [2.45, 2.75) is 26.3 Å². The number of rotatable bonds is 10. The van der Waals surface area contributed by atoms with E-state index in [9.17, 15) is 14.4 Å². The molecule has 5 nitrogen and oxygen atoms in total. The molecule has 0 bridgehead atoms. The number of carbonyl (C=O) groups is 3. The third-order valence-electron chi connectivity index (χ3n) is 3.36. The van der Waals surface area contributed by atoms with E-state index < -0.39 is 6.04 Å².